The summed E-state index contributed by atoms with van der Waals surface area (Å²) in [5.74, 6) is -0.141. The van der Waals surface area contributed by atoms with Crippen molar-refractivity contribution < 1.29 is 19.2 Å². The first-order valence-corrected chi connectivity index (χ1v) is 10.7. The van der Waals surface area contributed by atoms with Gasteiger partial charge in [-0.15, -0.1) is 0 Å². The number of Topliss-reactive ketones (excluding diaryl/α,β-unsaturated/α-hetero) is 1. The molecule has 1 atom stereocenters. The van der Waals surface area contributed by atoms with E-state index in [4.69, 9.17) is 4.74 Å². The topological polar surface area (TPSA) is 98.5 Å². The van der Waals surface area contributed by atoms with Gasteiger partial charge in [-0.1, -0.05) is 66.7 Å². The number of nitro groups is 1. The van der Waals surface area contributed by atoms with E-state index in [1.807, 2.05) is 36.4 Å². The molecule has 4 aromatic rings. The number of ketones is 1. The van der Waals surface area contributed by atoms with Crippen LogP contribution in [0.5, 0.6) is 5.75 Å². The lowest BCUT2D eigenvalue weighted by molar-refractivity contribution is -0.384. The van der Waals surface area contributed by atoms with Crippen molar-refractivity contribution in [3.63, 3.8) is 0 Å². The number of para-hydroxylation sites is 1. The van der Waals surface area contributed by atoms with Crippen LogP contribution in [0.25, 0.3) is 10.8 Å². The molecule has 0 unspecified atom stereocenters. The van der Waals surface area contributed by atoms with Crippen LogP contribution in [0.1, 0.15) is 15.9 Å². The van der Waals surface area contributed by atoms with E-state index >= 15 is 0 Å². The van der Waals surface area contributed by atoms with E-state index in [0.29, 0.717) is 16.9 Å². The van der Waals surface area contributed by atoms with Crippen molar-refractivity contribution in [3.8, 4) is 5.75 Å². The summed E-state index contributed by atoms with van der Waals surface area (Å²) in [6.07, 6.45) is 0.172. The number of carbonyl (C=O) groups excluding carboxylic acids is 2. The lowest BCUT2D eigenvalue weighted by Gasteiger charge is -2.19. The van der Waals surface area contributed by atoms with Crippen molar-refractivity contribution in [1.29, 1.82) is 0 Å². The van der Waals surface area contributed by atoms with Crippen LogP contribution in [0.2, 0.25) is 0 Å². The van der Waals surface area contributed by atoms with Crippen molar-refractivity contribution in [3.05, 3.63) is 118 Å². The second-order valence-electron chi connectivity index (χ2n) is 7.75. The molecule has 0 aromatic heterocycles. The summed E-state index contributed by atoms with van der Waals surface area (Å²) in [5, 5.41) is 15.5. The second-order valence-corrected chi connectivity index (χ2v) is 7.75. The van der Waals surface area contributed by atoms with Crippen molar-refractivity contribution in [2.75, 3.05) is 6.61 Å². The Labute approximate surface area is 196 Å². The molecule has 0 heterocycles. The Morgan fingerprint density at radius 1 is 0.853 bits per heavy atom. The number of carbonyl (C=O) groups is 2. The molecule has 7 heteroatoms. The second kappa shape index (κ2) is 10.4. The molecule has 4 rings (SSSR count). The first-order valence-electron chi connectivity index (χ1n) is 10.7. The van der Waals surface area contributed by atoms with E-state index in [1.54, 1.807) is 48.5 Å². The minimum atomic E-state index is -0.878. The van der Waals surface area contributed by atoms with Crippen LogP contribution < -0.4 is 10.1 Å². The minimum Gasteiger partial charge on any atom is -0.486 e. The van der Waals surface area contributed by atoms with E-state index in [-0.39, 0.29) is 30.4 Å². The van der Waals surface area contributed by atoms with Crippen LogP contribution in [-0.4, -0.2) is 29.3 Å². The smallest absolute Gasteiger partial charge is 0.269 e. The maximum Gasteiger partial charge on any atom is 0.269 e. The standard InChI is InChI=1S/C27H22N2O5/c30-26(18-34-22-9-2-1-3-10-22)25(17-19-13-15-21(16-14-19)29(32)33)28-27(31)24-12-6-8-20-7-4-5-11-23(20)24/h1-16,25H,17-18H2,(H,28,31)/t25-/m1/s1. The van der Waals surface area contributed by atoms with Gasteiger partial charge in [-0.2, -0.15) is 0 Å². The third kappa shape index (κ3) is 5.45. The molecular formula is C27H22N2O5. The van der Waals surface area contributed by atoms with E-state index < -0.39 is 11.0 Å². The summed E-state index contributed by atoms with van der Waals surface area (Å²) in [6.45, 7) is -0.225. The van der Waals surface area contributed by atoms with Crippen molar-refractivity contribution in [1.82, 2.24) is 5.32 Å². The average Bonchev–Trinajstić information content (AvgIpc) is 2.87. The van der Waals surface area contributed by atoms with Crippen molar-refractivity contribution in [2.24, 2.45) is 0 Å². The monoisotopic (exact) mass is 454 g/mol. The summed E-state index contributed by atoms with van der Waals surface area (Å²) >= 11 is 0. The number of amides is 1. The van der Waals surface area contributed by atoms with Gasteiger partial charge in [0.1, 0.15) is 12.4 Å². The molecule has 0 saturated carbocycles. The van der Waals surface area contributed by atoms with Crippen LogP contribution in [0.3, 0.4) is 0 Å². The van der Waals surface area contributed by atoms with Gasteiger partial charge in [0.05, 0.1) is 11.0 Å². The van der Waals surface area contributed by atoms with Gasteiger partial charge in [-0.3, -0.25) is 19.7 Å². The number of rotatable bonds is 9. The molecule has 0 radical (unpaired) electrons. The molecule has 0 aliphatic heterocycles. The highest BCUT2D eigenvalue weighted by molar-refractivity contribution is 6.08. The quantitative estimate of drug-likeness (QED) is 0.291. The number of hydrogen-bond donors (Lipinski definition) is 1. The summed E-state index contributed by atoms with van der Waals surface area (Å²) in [4.78, 5) is 36.7. The van der Waals surface area contributed by atoms with Gasteiger partial charge in [0, 0.05) is 17.7 Å². The molecule has 1 amide bonds. The first kappa shape index (κ1) is 22.7. The molecule has 0 fully saturated rings. The molecule has 0 spiro atoms. The molecule has 34 heavy (non-hydrogen) atoms. The number of hydrogen-bond acceptors (Lipinski definition) is 5. The lowest BCUT2D eigenvalue weighted by atomic mass is 10.00. The number of non-ortho nitro benzene ring substituents is 1. The number of benzene rings is 4. The Morgan fingerprint density at radius 2 is 1.53 bits per heavy atom. The molecule has 1 N–H and O–H groups in total. The number of nitrogens with zero attached hydrogens (tertiary/aromatic N) is 1. The summed E-state index contributed by atoms with van der Waals surface area (Å²) in [7, 11) is 0. The molecule has 4 aromatic carbocycles. The number of ether oxygens (including phenoxy) is 1. The zero-order valence-corrected chi connectivity index (χ0v) is 18.2. The third-order valence-electron chi connectivity index (χ3n) is 5.44. The van der Waals surface area contributed by atoms with Gasteiger partial charge < -0.3 is 10.1 Å². The fourth-order valence-electron chi connectivity index (χ4n) is 3.67. The molecule has 0 saturated heterocycles. The maximum atomic E-state index is 13.2. The molecule has 0 aliphatic rings. The fourth-order valence-corrected chi connectivity index (χ4v) is 3.67. The van der Waals surface area contributed by atoms with E-state index in [2.05, 4.69) is 5.32 Å². The van der Waals surface area contributed by atoms with Crippen LogP contribution in [0.4, 0.5) is 5.69 Å². The number of nitro benzene ring substituents is 1. The van der Waals surface area contributed by atoms with Crippen LogP contribution in [-0.2, 0) is 11.2 Å². The van der Waals surface area contributed by atoms with Gasteiger partial charge in [-0.05, 0) is 41.0 Å². The lowest BCUT2D eigenvalue weighted by Crippen LogP contribution is -2.44. The Balaban J connectivity index is 1.56. The Bertz CT molecular complexity index is 1310. The third-order valence-corrected chi connectivity index (χ3v) is 5.44. The normalized spacial score (nSPS) is 11.5. The van der Waals surface area contributed by atoms with Gasteiger partial charge >= 0.3 is 0 Å². The zero-order valence-electron chi connectivity index (χ0n) is 18.2. The van der Waals surface area contributed by atoms with Crippen molar-refractivity contribution >= 4 is 28.2 Å². The van der Waals surface area contributed by atoms with E-state index in [0.717, 1.165) is 10.8 Å². The highest BCUT2D eigenvalue weighted by atomic mass is 16.6. The number of nitrogens with one attached hydrogen (secondary N) is 1. The fraction of sp³-hybridized carbons (Fsp3) is 0.111. The summed E-state index contributed by atoms with van der Waals surface area (Å²) in [6, 6.07) is 26.9. The zero-order chi connectivity index (χ0) is 23.9. The van der Waals surface area contributed by atoms with Crippen molar-refractivity contribution in [2.45, 2.75) is 12.5 Å². The summed E-state index contributed by atoms with van der Waals surface area (Å²) in [5.41, 5.74) is 1.10. The molecule has 0 aliphatic carbocycles. The van der Waals surface area contributed by atoms with Gasteiger partial charge in [-0.25, -0.2) is 0 Å². The van der Waals surface area contributed by atoms with E-state index in [1.165, 1.54) is 12.1 Å². The maximum absolute atomic E-state index is 13.2. The molecule has 170 valence electrons. The van der Waals surface area contributed by atoms with Gasteiger partial charge in [0.15, 0.2) is 5.78 Å². The van der Waals surface area contributed by atoms with Crippen LogP contribution >= 0.6 is 0 Å². The molecular weight excluding hydrogens is 432 g/mol. The molecule has 7 nitrogen and oxygen atoms in total. The predicted octanol–water partition coefficient (Wildman–Crippen LogP) is 4.74. The number of fused-ring (bicyclic) bond motifs is 1. The Kier molecular flexibility index (Phi) is 6.93. The Hall–Kier alpha value is -4.52. The summed E-state index contributed by atoms with van der Waals surface area (Å²) < 4.78 is 5.60. The molecule has 0 bridgehead atoms. The minimum absolute atomic E-state index is 0.0428. The SMILES string of the molecule is O=C(N[C@H](Cc1ccc([N+](=O)[O-])cc1)C(=O)COc1ccccc1)c1cccc2ccccc12. The Morgan fingerprint density at radius 3 is 2.26 bits per heavy atom. The van der Waals surface area contributed by atoms with Crippen LogP contribution in [0, 0.1) is 10.1 Å². The van der Waals surface area contributed by atoms with Gasteiger partial charge in [0.2, 0.25) is 0 Å². The van der Waals surface area contributed by atoms with E-state index in [9.17, 15) is 19.7 Å². The van der Waals surface area contributed by atoms with Gasteiger partial charge in [0.25, 0.3) is 11.6 Å². The first-order chi connectivity index (χ1) is 16.5. The predicted molar refractivity (Wildman–Crippen MR) is 129 cm³/mol. The average molecular weight is 454 g/mol. The van der Waals surface area contributed by atoms with Crippen LogP contribution in [0.15, 0.2) is 97.1 Å². The largest absolute Gasteiger partial charge is 0.486 e. The highest BCUT2D eigenvalue weighted by Crippen LogP contribution is 2.19. The highest BCUT2D eigenvalue weighted by Gasteiger charge is 2.23.